The molecule has 0 saturated heterocycles. The van der Waals surface area contributed by atoms with Gasteiger partial charge in [-0.2, -0.15) is 5.10 Å². The number of methoxy groups -OCH3 is 1. The number of hydrogen-bond acceptors (Lipinski definition) is 7. The number of esters is 1. The average Bonchev–Trinajstić information content (AvgIpc) is 3.00. The number of Topliss-reactive ketones (excluding diaryl/α,β-unsaturated/α-hetero) is 1. The predicted octanol–water partition coefficient (Wildman–Crippen LogP) is 0.719. The van der Waals surface area contributed by atoms with Crippen molar-refractivity contribution in [2.45, 2.75) is 12.8 Å². The first-order chi connectivity index (χ1) is 11.0. The van der Waals surface area contributed by atoms with Crippen molar-refractivity contribution >= 4 is 35.2 Å². The molecule has 0 saturated carbocycles. The number of aromatic nitrogens is 2. The van der Waals surface area contributed by atoms with Gasteiger partial charge in [0.05, 0.1) is 17.6 Å². The van der Waals surface area contributed by atoms with E-state index in [1.165, 1.54) is 24.9 Å². The molecular weight excluding hydrogens is 322 g/mol. The maximum atomic E-state index is 12.5. The van der Waals surface area contributed by atoms with Gasteiger partial charge in [0.2, 0.25) is 17.5 Å². The first-order valence-electron chi connectivity index (χ1n) is 6.80. The summed E-state index contributed by atoms with van der Waals surface area (Å²) < 4.78 is 4.57. The first-order valence-corrected chi connectivity index (χ1v) is 7.79. The van der Waals surface area contributed by atoms with Gasteiger partial charge in [-0.3, -0.25) is 19.5 Å². The molecule has 0 atom stereocenters. The summed E-state index contributed by atoms with van der Waals surface area (Å²) in [7, 11) is 2.73. The Bertz CT molecular complexity index is 707. The van der Waals surface area contributed by atoms with Gasteiger partial charge < -0.3 is 10.1 Å². The molecule has 0 unspecified atom stereocenters. The zero-order chi connectivity index (χ0) is 17.0. The molecule has 0 fully saturated rings. The van der Waals surface area contributed by atoms with E-state index >= 15 is 0 Å². The van der Waals surface area contributed by atoms with Gasteiger partial charge in [0.25, 0.3) is 0 Å². The fourth-order valence-corrected chi connectivity index (χ4v) is 2.95. The van der Waals surface area contributed by atoms with E-state index in [1.54, 1.807) is 7.05 Å². The van der Waals surface area contributed by atoms with Crippen molar-refractivity contribution in [2.24, 2.45) is 0 Å². The van der Waals surface area contributed by atoms with Crippen LogP contribution in [-0.2, 0) is 9.53 Å². The fourth-order valence-electron chi connectivity index (χ4n) is 2.01. The summed E-state index contributed by atoms with van der Waals surface area (Å²) in [4.78, 5) is 47.5. The van der Waals surface area contributed by atoms with Crippen molar-refractivity contribution in [3.8, 4) is 0 Å². The molecule has 122 valence electrons. The quantitative estimate of drug-likeness (QED) is 0.580. The van der Waals surface area contributed by atoms with E-state index in [0.29, 0.717) is 18.6 Å². The van der Waals surface area contributed by atoms with Crippen LogP contribution in [0.1, 0.15) is 44.2 Å². The Morgan fingerprint density at radius 3 is 2.78 bits per heavy atom. The van der Waals surface area contributed by atoms with Crippen molar-refractivity contribution in [1.29, 1.82) is 0 Å². The average molecular weight is 337 g/mol. The van der Waals surface area contributed by atoms with Gasteiger partial charge in [0.1, 0.15) is 5.69 Å². The lowest BCUT2D eigenvalue weighted by molar-refractivity contribution is -0.120. The third kappa shape index (κ3) is 3.50. The normalized spacial score (nSPS) is 13.4. The van der Waals surface area contributed by atoms with Crippen molar-refractivity contribution < 1.29 is 23.9 Å². The number of ketones is 2. The number of fused-ring (bicyclic) bond motifs is 1. The smallest absolute Gasteiger partial charge is 0.356 e. The Hall–Kier alpha value is -2.42. The lowest BCUT2D eigenvalue weighted by Crippen LogP contribution is -2.19. The predicted molar refractivity (Wildman–Crippen MR) is 82.4 cm³/mol. The summed E-state index contributed by atoms with van der Waals surface area (Å²) in [5.74, 6) is -1.24. The molecule has 0 bridgehead atoms. The van der Waals surface area contributed by atoms with E-state index in [0.717, 1.165) is 0 Å². The van der Waals surface area contributed by atoms with Gasteiger partial charge in [0.15, 0.2) is 5.69 Å². The number of allylic oxidation sites excluding steroid dienone is 2. The topological polar surface area (TPSA) is 118 Å². The van der Waals surface area contributed by atoms with Crippen LogP contribution in [0.3, 0.4) is 0 Å². The minimum Gasteiger partial charge on any atom is -0.464 e. The zero-order valence-corrected chi connectivity index (χ0v) is 13.4. The van der Waals surface area contributed by atoms with Crippen LogP contribution in [0.2, 0.25) is 0 Å². The van der Waals surface area contributed by atoms with Gasteiger partial charge in [-0.15, -0.1) is 11.8 Å². The minimum absolute atomic E-state index is 0.0573. The van der Waals surface area contributed by atoms with Crippen molar-refractivity contribution in [1.82, 2.24) is 15.5 Å². The lowest BCUT2D eigenvalue weighted by Gasteiger charge is -2.11. The van der Waals surface area contributed by atoms with E-state index in [4.69, 9.17) is 0 Å². The number of H-pyrrole nitrogens is 1. The highest BCUT2D eigenvalue weighted by Crippen LogP contribution is 2.30. The van der Waals surface area contributed by atoms with Crippen LogP contribution in [-0.4, -0.2) is 53.6 Å². The third-order valence-corrected chi connectivity index (χ3v) is 4.29. The Labute approximate surface area is 136 Å². The number of hydrogen-bond donors (Lipinski definition) is 2. The van der Waals surface area contributed by atoms with Crippen LogP contribution in [0.5, 0.6) is 0 Å². The largest absolute Gasteiger partial charge is 0.464 e. The Morgan fingerprint density at radius 2 is 2.13 bits per heavy atom. The molecule has 0 spiro atoms. The maximum Gasteiger partial charge on any atom is 0.356 e. The number of ether oxygens (including phenoxy) is 1. The van der Waals surface area contributed by atoms with Crippen LogP contribution in [0, 0.1) is 0 Å². The molecule has 1 aliphatic carbocycles. The first kappa shape index (κ1) is 16.9. The van der Waals surface area contributed by atoms with Gasteiger partial charge >= 0.3 is 5.97 Å². The van der Waals surface area contributed by atoms with E-state index < -0.39 is 17.5 Å². The number of thioether (sulfide) groups is 1. The maximum absolute atomic E-state index is 12.5. The highest BCUT2D eigenvalue weighted by Gasteiger charge is 2.34. The fraction of sp³-hybridized carbons (Fsp3) is 0.357. The molecule has 8 nitrogen and oxygen atoms in total. The Balaban J connectivity index is 2.11. The monoisotopic (exact) mass is 337 g/mol. The number of aromatic amines is 1. The second kappa shape index (κ2) is 7.23. The molecule has 2 N–H and O–H groups in total. The van der Waals surface area contributed by atoms with Crippen LogP contribution in [0.4, 0.5) is 0 Å². The number of nitrogens with one attached hydrogen (secondary N) is 2. The molecule has 0 radical (unpaired) electrons. The summed E-state index contributed by atoms with van der Waals surface area (Å²) in [6, 6.07) is 0. The van der Waals surface area contributed by atoms with Gasteiger partial charge in [-0.05, 0) is 12.2 Å². The summed E-state index contributed by atoms with van der Waals surface area (Å²) >= 11 is 1.17. The summed E-state index contributed by atoms with van der Waals surface area (Å²) in [5, 5.41) is 8.60. The standard InChI is InChI=1S/C14H15N3O5S/c1-15-9(19)4-3-5-23-8-6-7(18)11-10(13(8)20)12(17-16-11)14(21)22-2/h6H,3-5H2,1-2H3,(H,15,19)(H,16,17). The summed E-state index contributed by atoms with van der Waals surface area (Å²) in [6.45, 7) is 0. The van der Waals surface area contributed by atoms with Crippen LogP contribution >= 0.6 is 11.8 Å². The van der Waals surface area contributed by atoms with Gasteiger partial charge in [0, 0.05) is 19.5 Å². The molecule has 1 heterocycles. The SMILES string of the molecule is CNC(=O)CCCSC1=CC(=O)c2n[nH]c(C(=O)OC)c2C1=O. The van der Waals surface area contributed by atoms with Crippen molar-refractivity contribution in [2.75, 3.05) is 19.9 Å². The molecule has 0 aliphatic heterocycles. The van der Waals surface area contributed by atoms with Gasteiger partial charge in [-0.25, -0.2) is 4.79 Å². The van der Waals surface area contributed by atoms with E-state index in [9.17, 15) is 19.2 Å². The molecule has 23 heavy (non-hydrogen) atoms. The lowest BCUT2D eigenvalue weighted by atomic mass is 9.99. The third-order valence-electron chi connectivity index (χ3n) is 3.19. The number of rotatable bonds is 6. The van der Waals surface area contributed by atoms with E-state index in [1.807, 2.05) is 0 Å². The Morgan fingerprint density at radius 1 is 1.39 bits per heavy atom. The molecule has 1 aromatic heterocycles. The Kier molecular flexibility index (Phi) is 5.32. The van der Waals surface area contributed by atoms with Crippen LogP contribution < -0.4 is 5.32 Å². The highest BCUT2D eigenvalue weighted by atomic mass is 32.2. The van der Waals surface area contributed by atoms with Crippen LogP contribution in [0.15, 0.2) is 11.0 Å². The number of nitrogens with zero attached hydrogens (tertiary/aromatic N) is 1. The second-order valence-corrected chi connectivity index (χ2v) is 5.78. The van der Waals surface area contributed by atoms with Crippen molar-refractivity contribution in [3.05, 3.63) is 27.9 Å². The summed E-state index contributed by atoms with van der Waals surface area (Å²) in [5.41, 5.74) is -0.263. The molecule has 0 aromatic carbocycles. The molecule has 1 aromatic rings. The molecular formula is C14H15N3O5S. The van der Waals surface area contributed by atoms with Crippen LogP contribution in [0.25, 0.3) is 0 Å². The molecule has 1 aliphatic rings. The zero-order valence-electron chi connectivity index (χ0n) is 12.6. The number of carbonyl (C=O) groups excluding carboxylic acids is 4. The molecule has 9 heteroatoms. The van der Waals surface area contributed by atoms with Gasteiger partial charge in [-0.1, -0.05) is 0 Å². The number of amides is 1. The second-order valence-electron chi connectivity index (χ2n) is 4.64. The minimum atomic E-state index is -0.759. The van der Waals surface area contributed by atoms with Crippen molar-refractivity contribution in [3.63, 3.8) is 0 Å². The van der Waals surface area contributed by atoms with E-state index in [2.05, 4.69) is 20.3 Å². The molecule has 2 rings (SSSR count). The number of carbonyl (C=O) groups is 4. The highest BCUT2D eigenvalue weighted by molar-refractivity contribution is 8.04. The summed E-state index contributed by atoms with van der Waals surface area (Å²) in [6.07, 6.45) is 2.10. The van der Waals surface area contributed by atoms with E-state index in [-0.39, 0.29) is 27.8 Å². The molecule has 1 amide bonds.